The summed E-state index contributed by atoms with van der Waals surface area (Å²) < 4.78 is 64.6. The van der Waals surface area contributed by atoms with Gasteiger partial charge in [-0.3, -0.25) is 9.10 Å². The van der Waals surface area contributed by atoms with E-state index in [9.17, 15) is 26.4 Å². The summed E-state index contributed by atoms with van der Waals surface area (Å²) in [7, 11) is -4.05. The van der Waals surface area contributed by atoms with Crippen molar-refractivity contribution >= 4 is 38.1 Å². The lowest BCUT2D eigenvalue weighted by Gasteiger charge is -2.28. The second-order valence-corrected chi connectivity index (χ2v) is 8.66. The number of sulfonamides is 1. The normalized spacial score (nSPS) is 13.1. The van der Waals surface area contributed by atoms with Crippen LogP contribution in [0.2, 0.25) is 0 Å². The lowest BCUT2D eigenvalue weighted by molar-refractivity contribution is -0.137. The van der Waals surface area contributed by atoms with Crippen LogP contribution in [0.3, 0.4) is 0 Å². The van der Waals surface area contributed by atoms with Crippen molar-refractivity contribution in [1.29, 1.82) is 0 Å². The van der Waals surface area contributed by atoms with Crippen LogP contribution in [0.25, 0.3) is 10.8 Å². The number of halogens is 3. The van der Waals surface area contributed by atoms with E-state index in [-0.39, 0.29) is 5.69 Å². The summed E-state index contributed by atoms with van der Waals surface area (Å²) in [6, 6.07) is 15.2. The summed E-state index contributed by atoms with van der Waals surface area (Å²) in [6.45, 7) is 1.32. The molecule has 0 aliphatic heterocycles. The number of amides is 1. The molecule has 1 atom stereocenters. The lowest BCUT2D eigenvalue weighted by atomic mass is 10.1. The SMILES string of the molecule is C[C@@H](C(=O)Nc1cccc2ccccc12)N(c1cccc(C(F)(F)F)c1)S(C)(=O)=O. The van der Waals surface area contributed by atoms with Gasteiger partial charge in [0.1, 0.15) is 6.04 Å². The topological polar surface area (TPSA) is 66.5 Å². The Bertz CT molecular complexity index is 1190. The van der Waals surface area contributed by atoms with Crippen molar-refractivity contribution in [3.05, 3.63) is 72.3 Å². The Morgan fingerprint density at radius 2 is 1.63 bits per heavy atom. The Balaban J connectivity index is 1.96. The molecule has 0 unspecified atom stereocenters. The van der Waals surface area contributed by atoms with Crippen LogP contribution in [0.1, 0.15) is 12.5 Å². The minimum Gasteiger partial charge on any atom is -0.324 e. The molecule has 0 saturated carbocycles. The zero-order valence-electron chi connectivity index (χ0n) is 16.1. The molecule has 158 valence electrons. The fourth-order valence-electron chi connectivity index (χ4n) is 3.20. The molecule has 9 heteroatoms. The van der Waals surface area contributed by atoms with Crippen LogP contribution in [0, 0.1) is 0 Å². The van der Waals surface area contributed by atoms with E-state index in [2.05, 4.69) is 5.32 Å². The van der Waals surface area contributed by atoms with Crippen molar-refractivity contribution < 1.29 is 26.4 Å². The molecular formula is C21H19F3N2O3S. The molecule has 3 aromatic carbocycles. The summed E-state index contributed by atoms with van der Waals surface area (Å²) >= 11 is 0. The van der Waals surface area contributed by atoms with Crippen LogP contribution in [-0.4, -0.2) is 26.6 Å². The van der Waals surface area contributed by atoms with Crippen LogP contribution in [0.5, 0.6) is 0 Å². The number of fused-ring (bicyclic) bond motifs is 1. The first-order valence-corrected chi connectivity index (χ1v) is 10.8. The molecule has 5 nitrogen and oxygen atoms in total. The molecule has 1 amide bonds. The van der Waals surface area contributed by atoms with Crippen LogP contribution >= 0.6 is 0 Å². The predicted octanol–water partition coefficient (Wildman–Crippen LogP) is 4.65. The number of hydrogen-bond acceptors (Lipinski definition) is 3. The van der Waals surface area contributed by atoms with Gasteiger partial charge in [0.2, 0.25) is 15.9 Å². The monoisotopic (exact) mass is 436 g/mol. The summed E-state index contributed by atoms with van der Waals surface area (Å²) in [6.07, 6.45) is -3.80. The van der Waals surface area contributed by atoms with Gasteiger partial charge < -0.3 is 5.32 Å². The fraction of sp³-hybridized carbons (Fsp3) is 0.190. The number of rotatable bonds is 5. The van der Waals surface area contributed by atoms with E-state index in [4.69, 9.17) is 0 Å². The molecule has 3 rings (SSSR count). The first-order valence-electron chi connectivity index (χ1n) is 8.94. The zero-order chi connectivity index (χ0) is 22.1. The molecule has 0 spiro atoms. The highest BCUT2D eigenvalue weighted by molar-refractivity contribution is 7.92. The molecule has 3 aromatic rings. The number of alkyl halides is 3. The third-order valence-electron chi connectivity index (χ3n) is 4.56. The van der Waals surface area contributed by atoms with Gasteiger partial charge in [0.05, 0.1) is 17.5 Å². The van der Waals surface area contributed by atoms with Crippen molar-refractivity contribution in [2.75, 3.05) is 15.9 Å². The number of carbonyl (C=O) groups excluding carboxylic acids is 1. The highest BCUT2D eigenvalue weighted by Crippen LogP contribution is 2.33. The van der Waals surface area contributed by atoms with E-state index < -0.39 is 33.7 Å². The highest BCUT2D eigenvalue weighted by atomic mass is 32.2. The minimum atomic E-state index is -4.65. The van der Waals surface area contributed by atoms with E-state index in [0.717, 1.165) is 29.2 Å². The molecule has 0 aliphatic carbocycles. The summed E-state index contributed by atoms with van der Waals surface area (Å²) in [5.41, 5.74) is -0.773. The number of nitrogens with zero attached hydrogens (tertiary/aromatic N) is 1. The third kappa shape index (κ3) is 4.56. The molecule has 0 fully saturated rings. The standard InChI is InChI=1S/C21H19F3N2O3S/c1-14(20(27)25-19-12-5-8-15-7-3-4-11-18(15)19)26(30(2,28)29)17-10-6-9-16(13-17)21(22,23)24/h3-14H,1-2H3,(H,25,27)/t14-/m0/s1. The van der Waals surface area contributed by atoms with Crippen molar-refractivity contribution in [2.45, 2.75) is 19.1 Å². The van der Waals surface area contributed by atoms with Gasteiger partial charge in [-0.2, -0.15) is 13.2 Å². The first-order chi connectivity index (χ1) is 14.0. The fourth-order valence-corrected chi connectivity index (χ4v) is 4.37. The quantitative estimate of drug-likeness (QED) is 0.633. The van der Waals surface area contributed by atoms with Crippen molar-refractivity contribution in [3.8, 4) is 0 Å². The first kappa shape index (κ1) is 21.6. The summed E-state index contributed by atoms with van der Waals surface area (Å²) in [5, 5.41) is 4.32. The van der Waals surface area contributed by atoms with Crippen molar-refractivity contribution in [1.82, 2.24) is 0 Å². The number of anilines is 2. The Hall–Kier alpha value is -3.07. The Morgan fingerprint density at radius 1 is 1.00 bits per heavy atom. The zero-order valence-corrected chi connectivity index (χ0v) is 17.0. The average Bonchev–Trinajstić information content (AvgIpc) is 2.67. The van der Waals surface area contributed by atoms with Gasteiger partial charge in [-0.1, -0.05) is 42.5 Å². The van der Waals surface area contributed by atoms with Crippen LogP contribution in [-0.2, 0) is 21.0 Å². The number of nitrogens with one attached hydrogen (secondary N) is 1. The van der Waals surface area contributed by atoms with Gasteiger partial charge in [0, 0.05) is 11.1 Å². The molecule has 0 heterocycles. The maximum Gasteiger partial charge on any atom is 0.416 e. The molecule has 0 aliphatic rings. The second kappa shape index (κ2) is 7.98. The van der Waals surface area contributed by atoms with Crippen LogP contribution in [0.4, 0.5) is 24.5 Å². The van der Waals surface area contributed by atoms with E-state index in [1.807, 2.05) is 18.2 Å². The van der Waals surface area contributed by atoms with Gasteiger partial charge in [0.15, 0.2) is 0 Å². The van der Waals surface area contributed by atoms with Gasteiger partial charge in [0.25, 0.3) is 0 Å². The number of carbonyl (C=O) groups is 1. The molecule has 0 aromatic heterocycles. The molecule has 30 heavy (non-hydrogen) atoms. The van der Waals surface area contributed by atoms with Crippen molar-refractivity contribution in [2.24, 2.45) is 0 Å². The molecular weight excluding hydrogens is 417 g/mol. The lowest BCUT2D eigenvalue weighted by Crippen LogP contribution is -2.45. The Kier molecular flexibility index (Phi) is 5.76. The third-order valence-corrected chi connectivity index (χ3v) is 5.81. The molecule has 0 saturated heterocycles. The number of hydrogen-bond donors (Lipinski definition) is 1. The maximum absolute atomic E-state index is 13.1. The smallest absolute Gasteiger partial charge is 0.324 e. The van der Waals surface area contributed by atoms with E-state index >= 15 is 0 Å². The molecule has 1 N–H and O–H groups in total. The molecule has 0 bridgehead atoms. The van der Waals surface area contributed by atoms with Crippen molar-refractivity contribution in [3.63, 3.8) is 0 Å². The maximum atomic E-state index is 13.1. The van der Waals surface area contributed by atoms with E-state index in [1.54, 1.807) is 24.3 Å². The van der Waals surface area contributed by atoms with E-state index in [1.165, 1.54) is 13.0 Å². The van der Waals surface area contributed by atoms with Gasteiger partial charge in [-0.15, -0.1) is 0 Å². The second-order valence-electron chi connectivity index (χ2n) is 6.80. The molecule has 0 radical (unpaired) electrons. The number of benzene rings is 3. The van der Waals surface area contributed by atoms with Gasteiger partial charge in [-0.25, -0.2) is 8.42 Å². The van der Waals surface area contributed by atoms with Gasteiger partial charge >= 0.3 is 6.18 Å². The Morgan fingerprint density at radius 3 is 2.30 bits per heavy atom. The van der Waals surface area contributed by atoms with Crippen LogP contribution < -0.4 is 9.62 Å². The van der Waals surface area contributed by atoms with E-state index in [0.29, 0.717) is 16.1 Å². The Labute approximate surface area is 172 Å². The summed E-state index contributed by atoms with van der Waals surface area (Å²) in [4.78, 5) is 12.9. The minimum absolute atomic E-state index is 0.243. The van der Waals surface area contributed by atoms with Crippen LogP contribution in [0.15, 0.2) is 66.7 Å². The van der Waals surface area contributed by atoms with Gasteiger partial charge in [-0.05, 0) is 36.6 Å². The largest absolute Gasteiger partial charge is 0.416 e. The highest BCUT2D eigenvalue weighted by Gasteiger charge is 2.34. The average molecular weight is 436 g/mol. The summed E-state index contributed by atoms with van der Waals surface area (Å²) in [5.74, 6) is -0.672. The predicted molar refractivity (Wildman–Crippen MR) is 111 cm³/mol.